The van der Waals surface area contributed by atoms with E-state index in [9.17, 15) is 14.4 Å². The molecular formula is C58H104O6. The first kappa shape index (κ1) is 61.4. The molecule has 1 unspecified atom stereocenters. The van der Waals surface area contributed by atoms with Gasteiger partial charge in [-0.15, -0.1) is 0 Å². The molecular weight excluding hydrogens is 793 g/mol. The number of esters is 3. The van der Waals surface area contributed by atoms with Crippen LogP contribution in [0.5, 0.6) is 0 Å². The first-order valence-electron chi connectivity index (χ1n) is 27.6. The van der Waals surface area contributed by atoms with Crippen molar-refractivity contribution in [3.8, 4) is 0 Å². The predicted octanol–water partition coefficient (Wildman–Crippen LogP) is 18.3. The quantitative estimate of drug-likeness (QED) is 0.0262. The van der Waals surface area contributed by atoms with E-state index in [1.54, 1.807) is 0 Å². The Morgan fingerprint density at radius 1 is 0.312 bits per heavy atom. The van der Waals surface area contributed by atoms with E-state index < -0.39 is 6.10 Å². The average Bonchev–Trinajstić information content (AvgIpc) is 3.29. The summed E-state index contributed by atoms with van der Waals surface area (Å²) in [6.45, 7) is 6.60. The van der Waals surface area contributed by atoms with E-state index in [0.29, 0.717) is 19.3 Å². The largest absolute Gasteiger partial charge is 0.462 e. The highest BCUT2D eigenvalue weighted by Crippen LogP contribution is 2.15. The second-order valence-electron chi connectivity index (χ2n) is 18.5. The maximum absolute atomic E-state index is 12.8. The zero-order valence-electron chi connectivity index (χ0n) is 42.6. The number of unbranched alkanes of at least 4 members (excludes halogenated alkanes) is 31. The Morgan fingerprint density at radius 2 is 0.562 bits per heavy atom. The Hall–Kier alpha value is -2.63. The van der Waals surface area contributed by atoms with Gasteiger partial charge in [0.25, 0.3) is 0 Å². The van der Waals surface area contributed by atoms with Crippen LogP contribution in [0.3, 0.4) is 0 Å². The number of ether oxygens (including phenoxy) is 3. The topological polar surface area (TPSA) is 78.9 Å². The monoisotopic (exact) mass is 897 g/mol. The number of hydrogen-bond acceptors (Lipinski definition) is 6. The zero-order valence-corrected chi connectivity index (χ0v) is 42.6. The lowest BCUT2D eigenvalue weighted by molar-refractivity contribution is -0.167. The molecule has 64 heavy (non-hydrogen) atoms. The molecule has 0 radical (unpaired) electrons. The highest BCUT2D eigenvalue weighted by atomic mass is 16.6. The smallest absolute Gasteiger partial charge is 0.306 e. The molecule has 0 bridgehead atoms. The van der Waals surface area contributed by atoms with Crippen molar-refractivity contribution in [2.45, 2.75) is 290 Å². The number of carbonyl (C=O) groups is 3. The van der Waals surface area contributed by atoms with E-state index in [2.05, 4.69) is 69.4 Å². The molecule has 0 spiro atoms. The third kappa shape index (κ3) is 50.4. The summed E-state index contributed by atoms with van der Waals surface area (Å²) in [6, 6.07) is 0. The van der Waals surface area contributed by atoms with E-state index in [1.807, 2.05) is 0 Å². The highest BCUT2D eigenvalue weighted by molar-refractivity contribution is 5.71. The second-order valence-corrected chi connectivity index (χ2v) is 18.5. The molecule has 0 aliphatic heterocycles. The molecule has 372 valence electrons. The van der Waals surface area contributed by atoms with Crippen LogP contribution < -0.4 is 0 Å². The summed E-state index contributed by atoms with van der Waals surface area (Å²) in [5, 5.41) is 0. The summed E-state index contributed by atoms with van der Waals surface area (Å²) in [5.41, 5.74) is 0. The van der Waals surface area contributed by atoms with E-state index in [-0.39, 0.29) is 31.1 Å². The fourth-order valence-electron chi connectivity index (χ4n) is 7.86. The molecule has 0 aromatic rings. The maximum Gasteiger partial charge on any atom is 0.306 e. The van der Waals surface area contributed by atoms with E-state index in [1.165, 1.54) is 154 Å². The van der Waals surface area contributed by atoms with Crippen molar-refractivity contribution >= 4 is 17.9 Å². The second kappa shape index (κ2) is 53.0. The van der Waals surface area contributed by atoms with Crippen molar-refractivity contribution in [3.05, 3.63) is 48.6 Å². The van der Waals surface area contributed by atoms with Gasteiger partial charge in [-0.1, -0.05) is 230 Å². The lowest BCUT2D eigenvalue weighted by Crippen LogP contribution is -2.30. The highest BCUT2D eigenvalue weighted by Gasteiger charge is 2.19. The predicted molar refractivity (Wildman–Crippen MR) is 275 cm³/mol. The Kier molecular flexibility index (Phi) is 50.8. The van der Waals surface area contributed by atoms with E-state index in [4.69, 9.17) is 14.2 Å². The Balaban J connectivity index is 4.26. The average molecular weight is 897 g/mol. The van der Waals surface area contributed by atoms with Gasteiger partial charge in [0.2, 0.25) is 0 Å². The van der Waals surface area contributed by atoms with Gasteiger partial charge in [0.15, 0.2) is 6.10 Å². The summed E-state index contributed by atoms with van der Waals surface area (Å²) in [5.74, 6) is -0.887. The van der Waals surface area contributed by atoms with Crippen molar-refractivity contribution in [2.24, 2.45) is 0 Å². The van der Waals surface area contributed by atoms with Gasteiger partial charge in [-0.2, -0.15) is 0 Å². The number of rotatable bonds is 50. The van der Waals surface area contributed by atoms with Crippen LogP contribution in [0.15, 0.2) is 48.6 Å². The van der Waals surface area contributed by atoms with Crippen molar-refractivity contribution < 1.29 is 28.6 Å². The van der Waals surface area contributed by atoms with Gasteiger partial charge < -0.3 is 14.2 Å². The first-order chi connectivity index (χ1) is 31.5. The minimum Gasteiger partial charge on any atom is -0.462 e. The van der Waals surface area contributed by atoms with E-state index in [0.717, 1.165) is 89.9 Å². The number of carbonyl (C=O) groups excluding carboxylic acids is 3. The van der Waals surface area contributed by atoms with Crippen LogP contribution in [0.1, 0.15) is 284 Å². The molecule has 6 heteroatoms. The van der Waals surface area contributed by atoms with Crippen LogP contribution in [0.4, 0.5) is 0 Å². The molecule has 0 amide bonds. The van der Waals surface area contributed by atoms with Crippen LogP contribution in [-0.2, 0) is 28.6 Å². The molecule has 0 aliphatic rings. The number of hydrogen-bond donors (Lipinski definition) is 0. The summed E-state index contributed by atoms with van der Waals surface area (Å²) in [7, 11) is 0. The minimum atomic E-state index is -0.777. The fourth-order valence-corrected chi connectivity index (χ4v) is 7.86. The summed E-state index contributed by atoms with van der Waals surface area (Å²) >= 11 is 0. The van der Waals surface area contributed by atoms with Crippen LogP contribution in [0.2, 0.25) is 0 Å². The summed E-state index contributed by atoms with van der Waals surface area (Å²) in [6.07, 6.45) is 63.9. The minimum absolute atomic E-state index is 0.0768. The summed E-state index contributed by atoms with van der Waals surface area (Å²) < 4.78 is 16.8. The molecule has 0 fully saturated rings. The Labute approximate surface area is 397 Å². The molecule has 0 N–H and O–H groups in total. The molecule has 6 nitrogen and oxygen atoms in total. The lowest BCUT2D eigenvalue weighted by Gasteiger charge is -2.18. The van der Waals surface area contributed by atoms with Gasteiger partial charge in [0.1, 0.15) is 13.2 Å². The van der Waals surface area contributed by atoms with Gasteiger partial charge in [0, 0.05) is 19.3 Å². The van der Waals surface area contributed by atoms with Crippen molar-refractivity contribution in [2.75, 3.05) is 13.2 Å². The molecule has 0 saturated heterocycles. The maximum atomic E-state index is 12.8. The molecule has 0 aliphatic carbocycles. The third-order valence-electron chi connectivity index (χ3n) is 12.1. The van der Waals surface area contributed by atoms with Crippen LogP contribution in [0, 0.1) is 0 Å². The standard InChI is InChI=1S/C58H104O6/c1-4-7-10-13-16-19-21-23-25-26-27-28-29-30-31-32-33-35-36-39-42-45-48-51-57(60)63-54-55(53-62-56(59)50-47-44-41-38-18-15-12-9-6-3)64-58(61)52-49-46-43-40-37-34-24-22-20-17-14-11-8-5-2/h21-24,26-27,29-30,55H,4-20,25,28,31-54H2,1-3H3/b23-21-,24-22-,27-26-,30-29-. The number of allylic oxidation sites excluding steroid dienone is 8. The molecule has 0 aromatic carbocycles. The van der Waals surface area contributed by atoms with Crippen molar-refractivity contribution in [1.82, 2.24) is 0 Å². The fraction of sp³-hybridized carbons (Fsp3) is 0.810. The van der Waals surface area contributed by atoms with Gasteiger partial charge >= 0.3 is 17.9 Å². The van der Waals surface area contributed by atoms with Crippen molar-refractivity contribution in [3.63, 3.8) is 0 Å². The lowest BCUT2D eigenvalue weighted by atomic mass is 10.1. The molecule has 0 aromatic heterocycles. The molecule has 0 saturated carbocycles. The van der Waals surface area contributed by atoms with Gasteiger partial charge in [-0.25, -0.2) is 0 Å². The van der Waals surface area contributed by atoms with Crippen molar-refractivity contribution in [1.29, 1.82) is 0 Å². The molecule has 0 rings (SSSR count). The van der Waals surface area contributed by atoms with Gasteiger partial charge in [0.05, 0.1) is 0 Å². The Morgan fingerprint density at radius 3 is 0.891 bits per heavy atom. The van der Waals surface area contributed by atoms with Crippen LogP contribution in [-0.4, -0.2) is 37.2 Å². The van der Waals surface area contributed by atoms with Gasteiger partial charge in [-0.05, 0) is 83.5 Å². The van der Waals surface area contributed by atoms with Crippen LogP contribution >= 0.6 is 0 Å². The molecule has 1 atom stereocenters. The zero-order chi connectivity index (χ0) is 46.5. The normalized spacial score (nSPS) is 12.4. The van der Waals surface area contributed by atoms with Gasteiger partial charge in [-0.3, -0.25) is 14.4 Å². The Bertz CT molecular complexity index is 1120. The molecule has 0 heterocycles. The van der Waals surface area contributed by atoms with Crippen LogP contribution in [0.25, 0.3) is 0 Å². The third-order valence-corrected chi connectivity index (χ3v) is 12.1. The first-order valence-corrected chi connectivity index (χ1v) is 27.6. The van der Waals surface area contributed by atoms with E-state index >= 15 is 0 Å². The SMILES string of the molecule is CCCCCCC/C=C\C/C=C\C/C=C\CCCCCCCCCCC(=O)OCC(COC(=O)CCCCCCCCCCC)OC(=O)CCCCCCC/C=C\CCCCCCC. The summed E-state index contributed by atoms with van der Waals surface area (Å²) in [4.78, 5) is 37.9.